The van der Waals surface area contributed by atoms with Crippen LogP contribution in [0, 0.1) is 0 Å². The Bertz CT molecular complexity index is 765. The van der Waals surface area contributed by atoms with E-state index in [0.717, 1.165) is 51.9 Å². The molecule has 0 aromatic rings. The van der Waals surface area contributed by atoms with Gasteiger partial charge in [0, 0.05) is 13.1 Å². The van der Waals surface area contributed by atoms with Crippen LogP contribution in [0.2, 0.25) is 0 Å². The van der Waals surface area contributed by atoms with Crippen molar-refractivity contribution < 1.29 is 28.8 Å². The van der Waals surface area contributed by atoms with E-state index in [9.17, 15) is 19.8 Å². The van der Waals surface area contributed by atoms with Gasteiger partial charge in [-0.3, -0.25) is 9.59 Å². The molecule has 2 unspecified atom stereocenters. The van der Waals surface area contributed by atoms with Crippen molar-refractivity contribution in [2.24, 2.45) is 0 Å². The van der Waals surface area contributed by atoms with Gasteiger partial charge in [0.1, 0.15) is 13.1 Å². The minimum Gasteiger partial charge on any atom is -0.391 e. The van der Waals surface area contributed by atoms with Crippen LogP contribution in [0.25, 0.3) is 0 Å². The fourth-order valence-corrected chi connectivity index (χ4v) is 7.91. The van der Waals surface area contributed by atoms with Gasteiger partial charge in [0.15, 0.2) is 13.1 Å². The lowest BCUT2D eigenvalue weighted by atomic mass is 10.1. The van der Waals surface area contributed by atoms with Crippen LogP contribution in [-0.4, -0.2) is 111 Å². The van der Waals surface area contributed by atoms with Crippen LogP contribution in [0.5, 0.6) is 0 Å². The van der Waals surface area contributed by atoms with Crippen molar-refractivity contribution in [1.29, 1.82) is 0 Å². The number of carbonyl (C=O) groups excluding carboxylic acids is 2. The minimum absolute atomic E-state index is 0.122. The average Bonchev–Trinajstić information content (AvgIpc) is 3.13. The number of aliphatic hydroxyl groups is 2. The molecular weight excluding hydrogens is 673 g/mol. The SMILES string of the molecule is CCCCCCCCCCCCNC(=O)C[N+](C)(CCO)CCCCCCCCCCCC[N+](C)(CCO)CC(=O)NCCCCCCCCCCCC. The van der Waals surface area contributed by atoms with E-state index in [1.165, 1.54) is 167 Å². The summed E-state index contributed by atoms with van der Waals surface area (Å²) >= 11 is 0. The number of quaternary nitrogens is 2. The number of hydrogen-bond acceptors (Lipinski definition) is 4. The summed E-state index contributed by atoms with van der Waals surface area (Å²) in [5, 5.41) is 25.6. The largest absolute Gasteiger partial charge is 0.391 e. The molecular formula is C46H96N4O4+2. The Kier molecular flexibility index (Phi) is 37.8. The number of aliphatic hydroxyl groups excluding tert-OH is 2. The van der Waals surface area contributed by atoms with E-state index < -0.39 is 0 Å². The Morgan fingerprint density at radius 3 is 0.870 bits per heavy atom. The molecule has 0 bridgehead atoms. The Morgan fingerprint density at radius 2 is 0.611 bits per heavy atom. The van der Waals surface area contributed by atoms with E-state index in [1.54, 1.807) is 0 Å². The first-order valence-corrected chi connectivity index (χ1v) is 23.7. The highest BCUT2D eigenvalue weighted by Gasteiger charge is 2.25. The third kappa shape index (κ3) is 35.2. The second-order valence-electron chi connectivity index (χ2n) is 17.5. The predicted molar refractivity (Wildman–Crippen MR) is 232 cm³/mol. The number of nitrogens with one attached hydrogen (secondary N) is 2. The summed E-state index contributed by atoms with van der Waals surface area (Å²) in [5.41, 5.74) is 0. The van der Waals surface area contributed by atoms with Crippen molar-refractivity contribution in [3.05, 3.63) is 0 Å². The summed E-state index contributed by atoms with van der Waals surface area (Å²) in [6.45, 7) is 10.4. The first-order valence-electron chi connectivity index (χ1n) is 23.7. The number of likely N-dealkylation sites (N-methyl/N-ethyl adjacent to an activating group) is 2. The maximum absolute atomic E-state index is 12.7. The van der Waals surface area contributed by atoms with E-state index in [1.807, 2.05) is 0 Å². The molecule has 54 heavy (non-hydrogen) atoms. The molecule has 0 rings (SSSR count). The van der Waals surface area contributed by atoms with Gasteiger partial charge >= 0.3 is 0 Å². The van der Waals surface area contributed by atoms with Gasteiger partial charge in [-0.05, 0) is 38.5 Å². The van der Waals surface area contributed by atoms with E-state index in [4.69, 9.17) is 0 Å². The third-order valence-corrected chi connectivity index (χ3v) is 11.7. The zero-order chi connectivity index (χ0) is 39.9. The van der Waals surface area contributed by atoms with Crippen LogP contribution in [0.4, 0.5) is 0 Å². The van der Waals surface area contributed by atoms with Gasteiger partial charge < -0.3 is 29.8 Å². The van der Waals surface area contributed by atoms with E-state index in [-0.39, 0.29) is 25.0 Å². The lowest BCUT2D eigenvalue weighted by molar-refractivity contribution is -0.902. The molecule has 0 radical (unpaired) electrons. The van der Waals surface area contributed by atoms with E-state index in [0.29, 0.717) is 35.1 Å². The standard InChI is InChI=1S/C46H94N4O4/c1-5-7-9-11-13-15-19-23-27-31-35-47-45(53)43-49(3,39-41-51)37-33-29-25-21-17-18-22-26-30-34-38-50(4,40-42-52)44-46(54)48-36-32-28-24-20-16-14-12-10-8-6-2/h51-52H,5-44H2,1-4H3/p+2. The van der Waals surface area contributed by atoms with Crippen molar-refractivity contribution in [3.8, 4) is 0 Å². The fourth-order valence-electron chi connectivity index (χ4n) is 7.91. The highest BCUT2D eigenvalue weighted by molar-refractivity contribution is 5.77. The van der Waals surface area contributed by atoms with Crippen molar-refractivity contribution in [2.45, 2.75) is 206 Å². The average molecular weight is 769 g/mol. The topological polar surface area (TPSA) is 98.7 Å². The van der Waals surface area contributed by atoms with Crippen molar-refractivity contribution in [1.82, 2.24) is 10.6 Å². The number of unbranched alkanes of at least 4 members (excludes halogenated alkanes) is 27. The Morgan fingerprint density at radius 1 is 0.370 bits per heavy atom. The van der Waals surface area contributed by atoms with Crippen LogP contribution < -0.4 is 10.6 Å². The van der Waals surface area contributed by atoms with Gasteiger partial charge in [0.25, 0.3) is 11.8 Å². The maximum atomic E-state index is 12.7. The highest BCUT2D eigenvalue weighted by atomic mass is 16.3. The Hall–Kier alpha value is -1.22. The number of rotatable bonds is 43. The van der Waals surface area contributed by atoms with Gasteiger partial charge in [-0.15, -0.1) is 0 Å². The van der Waals surface area contributed by atoms with Crippen LogP contribution in [0.1, 0.15) is 206 Å². The Labute approximate surface area is 336 Å². The Balaban J connectivity index is 3.91. The third-order valence-electron chi connectivity index (χ3n) is 11.7. The highest BCUT2D eigenvalue weighted by Crippen LogP contribution is 2.15. The van der Waals surface area contributed by atoms with Crippen LogP contribution >= 0.6 is 0 Å². The predicted octanol–water partition coefficient (Wildman–Crippen LogP) is 9.84. The van der Waals surface area contributed by atoms with Gasteiger partial charge in [-0.1, -0.05) is 168 Å². The molecule has 0 saturated heterocycles. The van der Waals surface area contributed by atoms with Gasteiger partial charge in [0.05, 0.1) is 40.4 Å². The molecule has 4 N–H and O–H groups in total. The second-order valence-corrected chi connectivity index (χ2v) is 17.5. The smallest absolute Gasteiger partial charge is 0.275 e. The summed E-state index contributed by atoms with van der Waals surface area (Å²) < 4.78 is 1.25. The monoisotopic (exact) mass is 769 g/mol. The molecule has 322 valence electrons. The zero-order valence-electron chi connectivity index (χ0n) is 36.9. The molecule has 0 heterocycles. The summed E-state index contributed by atoms with van der Waals surface area (Å²) in [6, 6.07) is 0. The molecule has 0 aliphatic rings. The van der Waals surface area contributed by atoms with Crippen molar-refractivity contribution in [2.75, 3.05) is 79.7 Å². The summed E-state index contributed by atoms with van der Waals surface area (Å²) in [7, 11) is 4.24. The van der Waals surface area contributed by atoms with Gasteiger partial charge in [-0.25, -0.2) is 0 Å². The van der Waals surface area contributed by atoms with Gasteiger partial charge in [0.2, 0.25) is 0 Å². The molecule has 0 aliphatic carbocycles. The molecule has 0 aromatic heterocycles. The molecule has 0 saturated carbocycles. The quantitative estimate of drug-likeness (QED) is 0.0367. The molecule has 8 nitrogen and oxygen atoms in total. The molecule has 0 spiro atoms. The lowest BCUT2D eigenvalue weighted by Gasteiger charge is -2.33. The summed E-state index contributed by atoms with van der Waals surface area (Å²) in [6.07, 6.45) is 38.2. The summed E-state index contributed by atoms with van der Waals surface area (Å²) in [5.74, 6) is 0.248. The first kappa shape index (κ1) is 52.8. The fraction of sp³-hybridized carbons (Fsp3) is 0.957. The number of hydrogen-bond donors (Lipinski definition) is 4. The van der Waals surface area contributed by atoms with Crippen LogP contribution in [0.15, 0.2) is 0 Å². The van der Waals surface area contributed by atoms with Crippen LogP contribution in [-0.2, 0) is 9.59 Å². The maximum Gasteiger partial charge on any atom is 0.275 e. The zero-order valence-corrected chi connectivity index (χ0v) is 36.9. The molecule has 8 heteroatoms. The van der Waals surface area contributed by atoms with Crippen LogP contribution in [0.3, 0.4) is 0 Å². The number of carbonyl (C=O) groups is 2. The van der Waals surface area contributed by atoms with E-state index >= 15 is 0 Å². The van der Waals surface area contributed by atoms with Crippen molar-refractivity contribution >= 4 is 11.8 Å². The number of nitrogens with zero attached hydrogens (tertiary/aromatic N) is 2. The number of amides is 2. The molecule has 2 amide bonds. The van der Waals surface area contributed by atoms with Gasteiger partial charge in [-0.2, -0.15) is 0 Å². The minimum atomic E-state index is 0.122. The molecule has 0 aliphatic heterocycles. The molecule has 0 aromatic carbocycles. The molecule has 0 fully saturated rings. The lowest BCUT2D eigenvalue weighted by Crippen LogP contribution is -2.52. The second kappa shape index (κ2) is 38.6. The summed E-state index contributed by atoms with van der Waals surface area (Å²) in [4.78, 5) is 25.4. The first-order chi connectivity index (χ1) is 26.2. The molecule has 2 atom stereocenters. The van der Waals surface area contributed by atoms with Crippen molar-refractivity contribution in [3.63, 3.8) is 0 Å². The van der Waals surface area contributed by atoms with E-state index in [2.05, 4.69) is 38.6 Å². The normalized spacial score (nSPS) is 13.8.